The molecule has 3 aromatic rings. The lowest BCUT2D eigenvalue weighted by molar-refractivity contribution is -0.146. The predicted octanol–water partition coefficient (Wildman–Crippen LogP) is 3.85. The van der Waals surface area contributed by atoms with Crippen LogP contribution in [0, 0.1) is 0 Å². The molecule has 32 heavy (non-hydrogen) atoms. The van der Waals surface area contributed by atoms with E-state index in [0.717, 1.165) is 16.9 Å². The molecule has 2 atom stereocenters. The highest BCUT2D eigenvalue weighted by Gasteiger charge is 2.27. The van der Waals surface area contributed by atoms with E-state index in [1.807, 2.05) is 72.8 Å². The second-order valence-corrected chi connectivity index (χ2v) is 7.23. The highest BCUT2D eigenvalue weighted by atomic mass is 16.5. The summed E-state index contributed by atoms with van der Waals surface area (Å²) in [5.41, 5.74) is 2.65. The van der Waals surface area contributed by atoms with Gasteiger partial charge in [0, 0.05) is 13.5 Å². The summed E-state index contributed by atoms with van der Waals surface area (Å²) in [6, 6.07) is 25.6. The summed E-state index contributed by atoms with van der Waals surface area (Å²) in [5.74, 6) is -0.206. The van der Waals surface area contributed by atoms with Crippen LogP contribution in [0.5, 0.6) is 5.75 Å². The van der Waals surface area contributed by atoms with Crippen LogP contribution in [0.25, 0.3) is 0 Å². The normalized spacial score (nSPS) is 12.4. The zero-order valence-electron chi connectivity index (χ0n) is 18.2. The molecule has 0 aromatic heterocycles. The van der Waals surface area contributed by atoms with Crippen molar-refractivity contribution in [3.8, 4) is 5.75 Å². The van der Waals surface area contributed by atoms with E-state index in [-0.39, 0.29) is 6.42 Å². The Morgan fingerprint density at radius 2 is 1.44 bits per heavy atom. The maximum atomic E-state index is 12.8. The Morgan fingerprint density at radius 1 is 0.812 bits per heavy atom. The number of carbonyl (C=O) groups is 2. The van der Waals surface area contributed by atoms with Crippen molar-refractivity contribution in [1.82, 2.24) is 5.32 Å². The van der Waals surface area contributed by atoms with E-state index in [2.05, 4.69) is 5.32 Å². The van der Waals surface area contributed by atoms with E-state index in [1.165, 1.54) is 14.2 Å². The van der Waals surface area contributed by atoms with Crippen LogP contribution in [0.1, 0.15) is 22.8 Å². The second kappa shape index (κ2) is 11.7. The fourth-order valence-corrected chi connectivity index (χ4v) is 3.30. The Kier molecular flexibility index (Phi) is 8.40. The third kappa shape index (κ3) is 6.43. The molecule has 0 aliphatic carbocycles. The highest BCUT2D eigenvalue weighted by molar-refractivity contribution is 5.87. The fourth-order valence-electron chi connectivity index (χ4n) is 3.30. The molecule has 6 nitrogen and oxygen atoms in total. The van der Waals surface area contributed by atoms with Gasteiger partial charge in [-0.05, 0) is 28.8 Å². The van der Waals surface area contributed by atoms with Gasteiger partial charge in [-0.1, -0.05) is 72.8 Å². The molecule has 3 aromatic carbocycles. The lowest BCUT2D eigenvalue weighted by atomic mass is 10.0. The van der Waals surface area contributed by atoms with Crippen molar-refractivity contribution in [1.29, 1.82) is 0 Å². The number of nitrogens with one attached hydrogen (secondary N) is 1. The minimum Gasteiger partial charge on any atom is -0.489 e. The molecule has 0 spiro atoms. The SMILES string of the molecule is COC(=O)[C@H](Cc1ccc(OCc2ccccc2)cc1)NC(=O)[C@@H](OC)c1ccccc1. The van der Waals surface area contributed by atoms with Crippen molar-refractivity contribution in [2.45, 2.75) is 25.2 Å². The van der Waals surface area contributed by atoms with Crippen molar-refractivity contribution >= 4 is 11.9 Å². The largest absolute Gasteiger partial charge is 0.489 e. The smallest absolute Gasteiger partial charge is 0.328 e. The number of rotatable bonds is 10. The third-order valence-electron chi connectivity index (χ3n) is 4.99. The van der Waals surface area contributed by atoms with Gasteiger partial charge in [-0.2, -0.15) is 0 Å². The van der Waals surface area contributed by atoms with Crippen molar-refractivity contribution in [2.24, 2.45) is 0 Å². The van der Waals surface area contributed by atoms with Crippen LogP contribution in [0.3, 0.4) is 0 Å². The van der Waals surface area contributed by atoms with Gasteiger partial charge in [-0.3, -0.25) is 4.79 Å². The summed E-state index contributed by atoms with van der Waals surface area (Å²) >= 11 is 0. The van der Waals surface area contributed by atoms with Crippen LogP contribution in [0.4, 0.5) is 0 Å². The zero-order valence-corrected chi connectivity index (χ0v) is 18.2. The topological polar surface area (TPSA) is 73.9 Å². The minimum absolute atomic E-state index is 0.280. The molecular weight excluding hydrogens is 406 g/mol. The number of benzene rings is 3. The van der Waals surface area contributed by atoms with Crippen molar-refractivity contribution in [2.75, 3.05) is 14.2 Å². The average Bonchev–Trinajstić information content (AvgIpc) is 2.84. The molecule has 0 radical (unpaired) electrons. The van der Waals surface area contributed by atoms with Gasteiger partial charge in [0.1, 0.15) is 18.4 Å². The van der Waals surface area contributed by atoms with Gasteiger partial charge in [-0.15, -0.1) is 0 Å². The molecule has 0 saturated heterocycles. The first-order valence-corrected chi connectivity index (χ1v) is 10.3. The Hall–Kier alpha value is -3.64. The van der Waals surface area contributed by atoms with E-state index in [4.69, 9.17) is 14.2 Å². The van der Waals surface area contributed by atoms with Crippen molar-refractivity contribution < 1.29 is 23.8 Å². The lowest BCUT2D eigenvalue weighted by Crippen LogP contribution is -2.45. The van der Waals surface area contributed by atoms with Crippen LogP contribution in [0.2, 0.25) is 0 Å². The third-order valence-corrected chi connectivity index (χ3v) is 4.99. The second-order valence-electron chi connectivity index (χ2n) is 7.23. The number of hydrogen-bond acceptors (Lipinski definition) is 5. The van der Waals surface area contributed by atoms with Gasteiger partial charge in [0.2, 0.25) is 0 Å². The monoisotopic (exact) mass is 433 g/mol. The molecule has 0 heterocycles. The zero-order chi connectivity index (χ0) is 22.8. The van der Waals surface area contributed by atoms with Gasteiger partial charge in [0.15, 0.2) is 6.10 Å². The van der Waals surface area contributed by atoms with Gasteiger partial charge < -0.3 is 19.5 Å². The Morgan fingerprint density at radius 3 is 2.03 bits per heavy atom. The molecule has 0 aliphatic rings. The van der Waals surface area contributed by atoms with E-state index in [9.17, 15) is 9.59 Å². The number of amides is 1. The van der Waals surface area contributed by atoms with Crippen LogP contribution in [-0.2, 0) is 32.1 Å². The number of ether oxygens (including phenoxy) is 3. The molecule has 0 fully saturated rings. The van der Waals surface area contributed by atoms with E-state index in [0.29, 0.717) is 12.2 Å². The molecule has 1 amide bonds. The Labute approximate surface area is 188 Å². The molecule has 1 N–H and O–H groups in total. The highest BCUT2D eigenvalue weighted by Crippen LogP contribution is 2.18. The average molecular weight is 434 g/mol. The molecule has 6 heteroatoms. The maximum Gasteiger partial charge on any atom is 0.328 e. The standard InChI is InChI=1S/C26H27NO5/c1-30-24(21-11-7-4-8-12-21)25(28)27-23(26(29)31-2)17-19-13-15-22(16-14-19)32-18-20-9-5-3-6-10-20/h3-16,23-24H,17-18H2,1-2H3,(H,27,28)/t23-,24-/m0/s1. The molecule has 0 aliphatic heterocycles. The Bertz CT molecular complexity index is 990. The molecule has 0 bridgehead atoms. The summed E-state index contributed by atoms with van der Waals surface area (Å²) in [6.45, 7) is 0.471. The molecular formula is C26H27NO5. The molecule has 0 saturated carbocycles. The number of esters is 1. The quantitative estimate of drug-likeness (QED) is 0.492. The predicted molar refractivity (Wildman–Crippen MR) is 121 cm³/mol. The fraction of sp³-hybridized carbons (Fsp3) is 0.231. The molecule has 0 unspecified atom stereocenters. The minimum atomic E-state index is -0.843. The Balaban J connectivity index is 1.63. The first-order valence-electron chi connectivity index (χ1n) is 10.3. The van der Waals surface area contributed by atoms with Crippen molar-refractivity contribution in [3.05, 3.63) is 102 Å². The van der Waals surface area contributed by atoms with Crippen LogP contribution >= 0.6 is 0 Å². The lowest BCUT2D eigenvalue weighted by Gasteiger charge is -2.21. The summed E-state index contributed by atoms with van der Waals surface area (Å²) in [6.07, 6.45) is -0.542. The van der Waals surface area contributed by atoms with Gasteiger partial charge in [0.05, 0.1) is 7.11 Å². The van der Waals surface area contributed by atoms with Gasteiger partial charge in [0.25, 0.3) is 5.91 Å². The number of hydrogen-bond donors (Lipinski definition) is 1. The summed E-state index contributed by atoms with van der Waals surface area (Å²) < 4.78 is 16.1. The number of methoxy groups -OCH3 is 2. The maximum absolute atomic E-state index is 12.8. The summed E-state index contributed by atoms with van der Waals surface area (Å²) in [4.78, 5) is 25.1. The molecule has 166 valence electrons. The first kappa shape index (κ1) is 23.0. The van der Waals surface area contributed by atoms with E-state index in [1.54, 1.807) is 12.1 Å². The first-order chi connectivity index (χ1) is 15.6. The van der Waals surface area contributed by atoms with Crippen LogP contribution in [0.15, 0.2) is 84.9 Å². The van der Waals surface area contributed by atoms with Gasteiger partial charge >= 0.3 is 5.97 Å². The summed E-state index contributed by atoms with van der Waals surface area (Å²) in [5, 5.41) is 2.76. The van der Waals surface area contributed by atoms with Crippen molar-refractivity contribution in [3.63, 3.8) is 0 Å². The van der Waals surface area contributed by atoms with E-state index < -0.39 is 24.0 Å². The van der Waals surface area contributed by atoms with E-state index >= 15 is 0 Å². The number of carbonyl (C=O) groups excluding carboxylic acids is 2. The summed E-state index contributed by atoms with van der Waals surface area (Å²) in [7, 11) is 2.76. The van der Waals surface area contributed by atoms with Crippen LogP contribution in [-0.4, -0.2) is 32.1 Å². The van der Waals surface area contributed by atoms with Gasteiger partial charge in [-0.25, -0.2) is 4.79 Å². The molecule has 3 rings (SSSR count). The van der Waals surface area contributed by atoms with Crippen LogP contribution < -0.4 is 10.1 Å².